The third-order valence-corrected chi connectivity index (χ3v) is 6.07. The van der Waals surface area contributed by atoms with Gasteiger partial charge < -0.3 is 14.2 Å². The van der Waals surface area contributed by atoms with Crippen LogP contribution >= 0.6 is 0 Å². The normalized spacial score (nSPS) is 12.9. The molecule has 156 valence electrons. The van der Waals surface area contributed by atoms with Crippen LogP contribution in [0.4, 0.5) is 5.69 Å². The van der Waals surface area contributed by atoms with Crippen molar-refractivity contribution < 1.29 is 13.6 Å². The minimum absolute atomic E-state index is 0.244. The van der Waals surface area contributed by atoms with Gasteiger partial charge in [-0.1, -0.05) is 30.3 Å². The molecule has 1 aliphatic carbocycles. The van der Waals surface area contributed by atoms with E-state index in [-0.39, 0.29) is 5.91 Å². The number of hydrogen-bond donors (Lipinski definition) is 1. The van der Waals surface area contributed by atoms with Gasteiger partial charge in [-0.2, -0.15) is 0 Å². The number of benzene rings is 3. The van der Waals surface area contributed by atoms with Crippen LogP contribution in [-0.2, 0) is 12.8 Å². The fourth-order valence-corrected chi connectivity index (χ4v) is 4.55. The summed E-state index contributed by atoms with van der Waals surface area (Å²) in [5, 5.41) is 4.60. The summed E-state index contributed by atoms with van der Waals surface area (Å²) in [6, 6.07) is 22.0. The molecule has 5 nitrogen and oxygen atoms in total. The Morgan fingerprint density at radius 1 is 0.781 bits per heavy atom. The number of rotatable bonds is 3. The minimum atomic E-state index is -0.453. The van der Waals surface area contributed by atoms with E-state index in [2.05, 4.69) is 11.4 Å². The van der Waals surface area contributed by atoms with E-state index in [1.54, 1.807) is 12.1 Å². The molecule has 0 saturated carbocycles. The van der Waals surface area contributed by atoms with Crippen LogP contribution in [0.1, 0.15) is 27.9 Å². The van der Waals surface area contributed by atoms with Crippen molar-refractivity contribution in [2.75, 3.05) is 5.32 Å². The van der Waals surface area contributed by atoms with E-state index in [1.165, 1.54) is 17.2 Å². The van der Waals surface area contributed by atoms with E-state index in [9.17, 15) is 9.59 Å². The fourth-order valence-electron chi connectivity index (χ4n) is 4.55. The topological polar surface area (TPSA) is 72.5 Å². The molecule has 0 aliphatic heterocycles. The molecule has 1 N–H and O–H groups in total. The first kappa shape index (κ1) is 18.6. The second-order valence-electron chi connectivity index (χ2n) is 8.07. The third-order valence-electron chi connectivity index (χ3n) is 6.07. The maximum Gasteiger partial charge on any atom is 0.336 e. The molecule has 3 aromatic carbocycles. The summed E-state index contributed by atoms with van der Waals surface area (Å²) in [6.07, 6.45) is 3.08. The van der Waals surface area contributed by atoms with Gasteiger partial charge >= 0.3 is 5.63 Å². The number of carbonyl (C=O) groups is 1. The minimum Gasteiger partial charge on any atom is -0.454 e. The van der Waals surface area contributed by atoms with Crippen molar-refractivity contribution in [3.8, 4) is 11.3 Å². The molecule has 5 aromatic rings. The predicted octanol–water partition coefficient (Wildman–Crippen LogP) is 5.95. The highest BCUT2D eigenvalue weighted by Gasteiger charge is 2.23. The summed E-state index contributed by atoms with van der Waals surface area (Å²) in [7, 11) is 0. The van der Waals surface area contributed by atoms with Crippen molar-refractivity contribution in [2.45, 2.75) is 19.3 Å². The number of furan rings is 1. The number of hydrogen-bond acceptors (Lipinski definition) is 4. The summed E-state index contributed by atoms with van der Waals surface area (Å²) in [4.78, 5) is 25.4. The van der Waals surface area contributed by atoms with Gasteiger partial charge in [0.05, 0.1) is 5.69 Å². The maximum atomic E-state index is 13.0. The zero-order chi connectivity index (χ0) is 21.7. The van der Waals surface area contributed by atoms with Gasteiger partial charge in [0.2, 0.25) is 0 Å². The van der Waals surface area contributed by atoms with Crippen molar-refractivity contribution in [3.05, 3.63) is 99.9 Å². The maximum absolute atomic E-state index is 13.0. The number of fused-ring (bicyclic) bond motifs is 3. The average molecular weight is 421 g/mol. The quantitative estimate of drug-likeness (QED) is 0.366. The number of aryl methyl sites for hydroxylation is 2. The number of nitrogens with one attached hydrogen (secondary N) is 1. The molecular formula is C27H19NO4. The van der Waals surface area contributed by atoms with Gasteiger partial charge in [-0.3, -0.25) is 4.79 Å². The highest BCUT2D eigenvalue weighted by Crippen LogP contribution is 2.41. The Morgan fingerprint density at radius 2 is 1.53 bits per heavy atom. The molecule has 0 bridgehead atoms. The van der Waals surface area contributed by atoms with Crippen LogP contribution in [0, 0.1) is 0 Å². The lowest BCUT2D eigenvalue weighted by Gasteiger charge is -2.09. The smallest absolute Gasteiger partial charge is 0.336 e. The molecule has 2 aromatic heterocycles. The lowest BCUT2D eigenvalue weighted by Crippen LogP contribution is -2.12. The van der Waals surface area contributed by atoms with Crippen molar-refractivity contribution in [1.82, 2.24) is 0 Å². The summed E-state index contributed by atoms with van der Waals surface area (Å²) >= 11 is 0. The number of anilines is 1. The average Bonchev–Trinajstić information content (AvgIpc) is 3.42. The van der Waals surface area contributed by atoms with Crippen LogP contribution in [0.5, 0.6) is 0 Å². The largest absolute Gasteiger partial charge is 0.454 e. The Labute approximate surface area is 183 Å². The molecule has 1 amide bonds. The Morgan fingerprint density at radius 3 is 2.38 bits per heavy atom. The second-order valence-corrected chi connectivity index (χ2v) is 8.07. The van der Waals surface area contributed by atoms with Gasteiger partial charge in [-0.05, 0) is 66.8 Å². The molecule has 0 unspecified atom stereocenters. The van der Waals surface area contributed by atoms with Crippen LogP contribution < -0.4 is 10.9 Å². The molecule has 1 aliphatic rings. The molecule has 0 fully saturated rings. The third kappa shape index (κ3) is 3.02. The van der Waals surface area contributed by atoms with E-state index in [0.29, 0.717) is 33.7 Å². The molecule has 2 heterocycles. The Bertz CT molecular complexity index is 1560. The summed E-state index contributed by atoms with van der Waals surface area (Å²) in [5.41, 5.74) is 4.90. The van der Waals surface area contributed by atoms with Crippen LogP contribution in [0.25, 0.3) is 33.3 Å². The number of para-hydroxylation sites is 1. The second kappa shape index (κ2) is 7.24. The lowest BCUT2D eigenvalue weighted by atomic mass is 10.0. The highest BCUT2D eigenvalue weighted by molar-refractivity contribution is 6.13. The predicted molar refractivity (Wildman–Crippen MR) is 124 cm³/mol. The van der Waals surface area contributed by atoms with Crippen molar-refractivity contribution in [1.29, 1.82) is 0 Å². The zero-order valence-electron chi connectivity index (χ0n) is 17.2. The Hall–Kier alpha value is -4.12. The number of carbonyl (C=O) groups excluding carboxylic acids is 1. The van der Waals surface area contributed by atoms with Gasteiger partial charge in [0.1, 0.15) is 11.2 Å². The molecular weight excluding hydrogens is 402 g/mol. The Balaban J connectivity index is 1.59. The fraction of sp³-hybridized carbons (Fsp3) is 0.111. The van der Waals surface area contributed by atoms with Gasteiger partial charge in [-0.15, -0.1) is 0 Å². The van der Waals surface area contributed by atoms with Crippen molar-refractivity contribution in [3.63, 3.8) is 0 Å². The molecule has 0 spiro atoms. The van der Waals surface area contributed by atoms with Crippen LogP contribution in [-0.4, -0.2) is 5.91 Å². The van der Waals surface area contributed by atoms with Crippen LogP contribution in [0.3, 0.4) is 0 Å². The monoisotopic (exact) mass is 421 g/mol. The molecule has 0 radical (unpaired) electrons. The summed E-state index contributed by atoms with van der Waals surface area (Å²) < 4.78 is 11.7. The molecule has 0 atom stereocenters. The van der Waals surface area contributed by atoms with E-state index < -0.39 is 5.63 Å². The van der Waals surface area contributed by atoms with Gasteiger partial charge in [0, 0.05) is 28.0 Å². The first-order valence-corrected chi connectivity index (χ1v) is 10.7. The van der Waals surface area contributed by atoms with Crippen molar-refractivity contribution >= 4 is 33.5 Å². The SMILES string of the molecule is O=C(Nc1c(-c2cc(=O)oc3cc4c(cc23)CCC4)oc2ccccc12)c1ccccc1. The lowest BCUT2D eigenvalue weighted by molar-refractivity contribution is 0.102. The first-order chi connectivity index (χ1) is 15.7. The van der Waals surface area contributed by atoms with E-state index in [0.717, 1.165) is 30.0 Å². The summed E-state index contributed by atoms with van der Waals surface area (Å²) in [6.45, 7) is 0. The number of amides is 1. The molecule has 0 saturated heterocycles. The van der Waals surface area contributed by atoms with E-state index in [1.807, 2.05) is 48.5 Å². The van der Waals surface area contributed by atoms with E-state index >= 15 is 0 Å². The molecule has 32 heavy (non-hydrogen) atoms. The van der Waals surface area contributed by atoms with E-state index in [4.69, 9.17) is 8.83 Å². The Kier molecular flexibility index (Phi) is 4.21. The first-order valence-electron chi connectivity index (χ1n) is 10.7. The standard InChI is InChI=1S/C27H19NO4/c29-24-15-21(20-13-17-9-6-10-18(17)14-23(20)31-24)26-25(19-11-4-5-12-22(19)32-26)28-27(30)16-7-2-1-3-8-16/h1-5,7-8,11-15H,6,9-10H2,(H,28,30). The molecule has 6 rings (SSSR count). The van der Waals surface area contributed by atoms with Crippen LogP contribution in [0.2, 0.25) is 0 Å². The van der Waals surface area contributed by atoms with Gasteiger partial charge in [-0.25, -0.2) is 4.79 Å². The van der Waals surface area contributed by atoms with Gasteiger partial charge in [0.25, 0.3) is 5.91 Å². The highest BCUT2D eigenvalue weighted by atomic mass is 16.4. The van der Waals surface area contributed by atoms with Gasteiger partial charge in [0.15, 0.2) is 5.76 Å². The van der Waals surface area contributed by atoms with Crippen molar-refractivity contribution in [2.24, 2.45) is 0 Å². The molecule has 5 heteroatoms. The zero-order valence-corrected chi connectivity index (χ0v) is 17.2. The van der Waals surface area contributed by atoms with Crippen LogP contribution in [0.15, 0.2) is 86.4 Å². The summed E-state index contributed by atoms with van der Waals surface area (Å²) in [5.74, 6) is 0.206.